The highest BCUT2D eigenvalue weighted by atomic mass is 16.2. The standard InChI is InChI=1S/C14H18N4O/c1-18(10-12-8-16-17-9-12)14(19)13(15)7-11-5-3-2-4-6-11/h2-6,8-9,13H,7,10,15H2,1H3,(H,16,17)/t13-/m1/s1. The number of amides is 1. The van der Waals surface area contributed by atoms with E-state index < -0.39 is 6.04 Å². The minimum atomic E-state index is -0.515. The molecule has 0 unspecified atom stereocenters. The molecule has 0 fully saturated rings. The van der Waals surface area contributed by atoms with E-state index in [1.807, 2.05) is 30.3 Å². The van der Waals surface area contributed by atoms with Crippen LogP contribution in [0.25, 0.3) is 0 Å². The maximum Gasteiger partial charge on any atom is 0.239 e. The van der Waals surface area contributed by atoms with E-state index in [-0.39, 0.29) is 5.91 Å². The highest BCUT2D eigenvalue weighted by Crippen LogP contribution is 2.06. The van der Waals surface area contributed by atoms with Crippen LogP contribution in [0.3, 0.4) is 0 Å². The third-order valence-corrected chi connectivity index (χ3v) is 2.97. The Balaban J connectivity index is 1.91. The van der Waals surface area contributed by atoms with Crippen molar-refractivity contribution in [3.05, 3.63) is 53.9 Å². The normalized spacial score (nSPS) is 12.1. The van der Waals surface area contributed by atoms with E-state index in [9.17, 15) is 4.79 Å². The van der Waals surface area contributed by atoms with E-state index >= 15 is 0 Å². The molecule has 1 amide bonds. The number of nitrogens with zero attached hydrogens (tertiary/aromatic N) is 2. The topological polar surface area (TPSA) is 75.0 Å². The highest BCUT2D eigenvalue weighted by molar-refractivity contribution is 5.81. The second-order valence-corrected chi connectivity index (χ2v) is 4.60. The number of likely N-dealkylation sites (N-methyl/N-ethyl adjacent to an activating group) is 1. The van der Waals surface area contributed by atoms with Crippen LogP contribution >= 0.6 is 0 Å². The third kappa shape index (κ3) is 3.66. The zero-order valence-electron chi connectivity index (χ0n) is 10.9. The van der Waals surface area contributed by atoms with Crippen LogP contribution in [0.1, 0.15) is 11.1 Å². The zero-order chi connectivity index (χ0) is 13.7. The van der Waals surface area contributed by atoms with Crippen LogP contribution in [0.15, 0.2) is 42.7 Å². The van der Waals surface area contributed by atoms with Gasteiger partial charge in [-0.1, -0.05) is 30.3 Å². The van der Waals surface area contributed by atoms with Gasteiger partial charge in [0.25, 0.3) is 0 Å². The van der Waals surface area contributed by atoms with Crippen LogP contribution in [0.2, 0.25) is 0 Å². The van der Waals surface area contributed by atoms with E-state index in [1.165, 1.54) is 0 Å². The summed E-state index contributed by atoms with van der Waals surface area (Å²) in [6, 6.07) is 9.27. The summed E-state index contributed by atoms with van der Waals surface area (Å²) in [4.78, 5) is 13.8. The van der Waals surface area contributed by atoms with Gasteiger partial charge in [-0.15, -0.1) is 0 Å². The molecule has 0 aliphatic carbocycles. The SMILES string of the molecule is CN(Cc1cn[nH]c1)C(=O)[C@H](N)Cc1ccccc1. The Labute approximate surface area is 112 Å². The molecule has 100 valence electrons. The minimum absolute atomic E-state index is 0.0648. The van der Waals surface area contributed by atoms with Crippen LogP contribution in [0.5, 0.6) is 0 Å². The summed E-state index contributed by atoms with van der Waals surface area (Å²) in [7, 11) is 1.75. The first-order chi connectivity index (χ1) is 9.16. The molecule has 1 atom stereocenters. The Morgan fingerprint density at radius 2 is 2.11 bits per heavy atom. The molecule has 2 rings (SSSR count). The number of carbonyl (C=O) groups excluding carboxylic acids is 1. The Morgan fingerprint density at radius 1 is 1.37 bits per heavy atom. The molecular formula is C14H18N4O. The van der Waals surface area contributed by atoms with Gasteiger partial charge in [-0.25, -0.2) is 0 Å². The van der Waals surface area contributed by atoms with Crippen LogP contribution in [-0.2, 0) is 17.8 Å². The average molecular weight is 258 g/mol. The molecule has 0 bridgehead atoms. The molecule has 1 heterocycles. The lowest BCUT2D eigenvalue weighted by Gasteiger charge is -2.20. The van der Waals surface area contributed by atoms with Gasteiger partial charge in [-0.3, -0.25) is 9.89 Å². The number of rotatable bonds is 5. The van der Waals surface area contributed by atoms with Crippen molar-refractivity contribution in [2.75, 3.05) is 7.05 Å². The van der Waals surface area contributed by atoms with Crippen LogP contribution < -0.4 is 5.73 Å². The minimum Gasteiger partial charge on any atom is -0.340 e. The molecule has 5 heteroatoms. The number of benzene rings is 1. The lowest BCUT2D eigenvalue weighted by Crippen LogP contribution is -2.42. The smallest absolute Gasteiger partial charge is 0.239 e. The Bertz CT molecular complexity index is 510. The molecule has 0 aliphatic rings. The Hall–Kier alpha value is -2.14. The van der Waals surface area contributed by atoms with Gasteiger partial charge in [0, 0.05) is 25.4 Å². The molecule has 5 nitrogen and oxygen atoms in total. The van der Waals surface area contributed by atoms with Gasteiger partial charge in [-0.05, 0) is 12.0 Å². The lowest BCUT2D eigenvalue weighted by molar-refractivity contribution is -0.131. The van der Waals surface area contributed by atoms with Crippen LogP contribution in [0, 0.1) is 0 Å². The molecule has 3 N–H and O–H groups in total. The van der Waals surface area contributed by atoms with Gasteiger partial charge < -0.3 is 10.6 Å². The third-order valence-electron chi connectivity index (χ3n) is 2.97. The summed E-state index contributed by atoms with van der Waals surface area (Å²) in [5, 5.41) is 6.58. The maximum atomic E-state index is 12.1. The van der Waals surface area contributed by atoms with Crippen molar-refractivity contribution >= 4 is 5.91 Å². The fourth-order valence-corrected chi connectivity index (χ4v) is 1.95. The first-order valence-electron chi connectivity index (χ1n) is 6.19. The molecule has 19 heavy (non-hydrogen) atoms. The fraction of sp³-hybridized carbons (Fsp3) is 0.286. The number of nitrogens with one attached hydrogen (secondary N) is 1. The number of hydrogen-bond acceptors (Lipinski definition) is 3. The number of H-pyrrole nitrogens is 1. The molecule has 1 aromatic heterocycles. The predicted octanol–water partition coefficient (Wildman–Crippen LogP) is 0.938. The van der Waals surface area contributed by atoms with Crippen LogP contribution in [-0.4, -0.2) is 34.1 Å². The highest BCUT2D eigenvalue weighted by Gasteiger charge is 2.18. The van der Waals surface area contributed by atoms with E-state index in [0.29, 0.717) is 13.0 Å². The number of hydrogen-bond donors (Lipinski definition) is 2. The Morgan fingerprint density at radius 3 is 2.74 bits per heavy atom. The summed E-state index contributed by atoms with van der Waals surface area (Å²) in [6.45, 7) is 0.512. The molecule has 1 aromatic carbocycles. The summed E-state index contributed by atoms with van der Waals surface area (Å²) in [5.74, 6) is -0.0648. The molecule has 0 saturated heterocycles. The fourth-order valence-electron chi connectivity index (χ4n) is 1.95. The van der Waals surface area contributed by atoms with Crippen molar-refractivity contribution < 1.29 is 4.79 Å². The summed E-state index contributed by atoms with van der Waals surface area (Å²) >= 11 is 0. The monoisotopic (exact) mass is 258 g/mol. The largest absolute Gasteiger partial charge is 0.340 e. The second kappa shape index (κ2) is 6.15. The van der Waals surface area contributed by atoms with Crippen molar-refractivity contribution in [2.24, 2.45) is 5.73 Å². The lowest BCUT2D eigenvalue weighted by atomic mass is 10.1. The van der Waals surface area contributed by atoms with Gasteiger partial charge in [-0.2, -0.15) is 5.10 Å². The first kappa shape index (κ1) is 13.3. The van der Waals surface area contributed by atoms with Gasteiger partial charge >= 0.3 is 0 Å². The van der Waals surface area contributed by atoms with Crippen molar-refractivity contribution in [2.45, 2.75) is 19.0 Å². The number of aromatic amines is 1. The zero-order valence-corrected chi connectivity index (χ0v) is 10.9. The second-order valence-electron chi connectivity index (χ2n) is 4.60. The van der Waals surface area contributed by atoms with Gasteiger partial charge in [0.1, 0.15) is 0 Å². The van der Waals surface area contributed by atoms with Crippen molar-refractivity contribution in [1.82, 2.24) is 15.1 Å². The number of aromatic nitrogens is 2. The first-order valence-corrected chi connectivity index (χ1v) is 6.19. The number of nitrogens with two attached hydrogens (primary N) is 1. The quantitative estimate of drug-likeness (QED) is 0.838. The van der Waals surface area contributed by atoms with Crippen molar-refractivity contribution in [1.29, 1.82) is 0 Å². The number of carbonyl (C=O) groups is 1. The summed E-state index contributed by atoms with van der Waals surface area (Å²) < 4.78 is 0. The summed E-state index contributed by atoms with van der Waals surface area (Å²) in [5.41, 5.74) is 7.99. The molecule has 0 spiro atoms. The van der Waals surface area contributed by atoms with Gasteiger partial charge in [0.15, 0.2) is 0 Å². The molecule has 0 aliphatic heterocycles. The Kier molecular flexibility index (Phi) is 4.30. The van der Waals surface area contributed by atoms with Crippen LogP contribution in [0.4, 0.5) is 0 Å². The molecule has 0 radical (unpaired) electrons. The molecule has 2 aromatic rings. The van der Waals surface area contributed by atoms with Gasteiger partial charge in [0.2, 0.25) is 5.91 Å². The van der Waals surface area contributed by atoms with Gasteiger partial charge in [0.05, 0.1) is 12.2 Å². The van der Waals surface area contributed by atoms with Crippen molar-refractivity contribution in [3.8, 4) is 0 Å². The molecule has 0 saturated carbocycles. The molecular weight excluding hydrogens is 240 g/mol. The van der Waals surface area contributed by atoms with E-state index in [2.05, 4.69) is 10.2 Å². The predicted molar refractivity (Wildman–Crippen MR) is 73.2 cm³/mol. The van der Waals surface area contributed by atoms with E-state index in [0.717, 1.165) is 11.1 Å². The summed E-state index contributed by atoms with van der Waals surface area (Å²) in [6.07, 6.45) is 4.02. The average Bonchev–Trinajstić information content (AvgIpc) is 2.91. The maximum absolute atomic E-state index is 12.1. The van der Waals surface area contributed by atoms with E-state index in [4.69, 9.17) is 5.73 Å². The van der Waals surface area contributed by atoms with Crippen molar-refractivity contribution in [3.63, 3.8) is 0 Å². The van der Waals surface area contributed by atoms with E-state index in [1.54, 1.807) is 24.3 Å².